The molecule has 0 aliphatic carbocycles. The van der Waals surface area contributed by atoms with Crippen LogP contribution in [0.15, 0.2) is 12.4 Å². The van der Waals surface area contributed by atoms with E-state index in [0.717, 1.165) is 24.5 Å². The Bertz CT molecular complexity index is 221. The molecule has 0 bridgehead atoms. The Kier molecular flexibility index (Phi) is 4.93. The Hall–Kier alpha value is -1.16. The summed E-state index contributed by atoms with van der Waals surface area (Å²) in [5, 5.41) is 3.16. The second-order valence-corrected chi connectivity index (χ2v) is 2.96. The SMILES string of the molecule is CCCNc1cnc(COCC)cn1. The summed E-state index contributed by atoms with van der Waals surface area (Å²) < 4.78 is 5.22. The molecule has 0 aliphatic heterocycles. The minimum atomic E-state index is 0.539. The van der Waals surface area contributed by atoms with E-state index in [1.165, 1.54) is 0 Å². The molecular weight excluding hydrogens is 178 g/mol. The summed E-state index contributed by atoms with van der Waals surface area (Å²) in [6.07, 6.45) is 4.57. The van der Waals surface area contributed by atoms with E-state index in [2.05, 4.69) is 22.2 Å². The Morgan fingerprint density at radius 2 is 2.14 bits per heavy atom. The molecule has 0 atom stereocenters. The molecule has 0 aromatic carbocycles. The third kappa shape index (κ3) is 3.70. The number of nitrogens with zero attached hydrogens (tertiary/aromatic N) is 2. The maximum Gasteiger partial charge on any atom is 0.144 e. The number of aromatic nitrogens is 2. The molecule has 0 unspecified atom stereocenters. The number of hydrogen-bond acceptors (Lipinski definition) is 4. The normalized spacial score (nSPS) is 10.1. The van der Waals surface area contributed by atoms with Crippen molar-refractivity contribution in [3.8, 4) is 0 Å². The Balaban J connectivity index is 2.42. The van der Waals surface area contributed by atoms with Crippen LogP contribution in [0.4, 0.5) is 5.82 Å². The molecule has 1 rings (SSSR count). The molecule has 0 saturated heterocycles. The zero-order valence-electron chi connectivity index (χ0n) is 8.79. The van der Waals surface area contributed by atoms with Gasteiger partial charge in [-0.3, -0.25) is 4.98 Å². The van der Waals surface area contributed by atoms with E-state index >= 15 is 0 Å². The van der Waals surface area contributed by atoms with E-state index in [4.69, 9.17) is 4.74 Å². The van der Waals surface area contributed by atoms with Crippen molar-refractivity contribution in [3.63, 3.8) is 0 Å². The maximum absolute atomic E-state index is 5.22. The lowest BCUT2D eigenvalue weighted by atomic mass is 10.4. The van der Waals surface area contributed by atoms with E-state index in [-0.39, 0.29) is 0 Å². The van der Waals surface area contributed by atoms with Crippen LogP contribution in [0.2, 0.25) is 0 Å². The molecule has 0 spiro atoms. The standard InChI is InChI=1S/C10H17N3O/c1-3-5-11-10-7-12-9(6-13-10)8-14-4-2/h6-7H,3-5,8H2,1-2H3,(H,11,13). The van der Waals surface area contributed by atoms with Gasteiger partial charge in [0, 0.05) is 13.2 Å². The lowest BCUT2D eigenvalue weighted by Gasteiger charge is -2.04. The zero-order chi connectivity index (χ0) is 10.2. The summed E-state index contributed by atoms with van der Waals surface area (Å²) in [7, 11) is 0. The lowest BCUT2D eigenvalue weighted by Crippen LogP contribution is -2.03. The maximum atomic E-state index is 5.22. The largest absolute Gasteiger partial charge is 0.375 e. The van der Waals surface area contributed by atoms with Gasteiger partial charge in [0.05, 0.1) is 24.7 Å². The van der Waals surface area contributed by atoms with Crippen molar-refractivity contribution in [2.75, 3.05) is 18.5 Å². The summed E-state index contributed by atoms with van der Waals surface area (Å²) in [6.45, 7) is 6.25. The zero-order valence-corrected chi connectivity index (χ0v) is 8.79. The average Bonchev–Trinajstić information content (AvgIpc) is 2.25. The van der Waals surface area contributed by atoms with E-state index in [0.29, 0.717) is 13.2 Å². The van der Waals surface area contributed by atoms with Crippen LogP contribution in [-0.4, -0.2) is 23.1 Å². The molecule has 1 aromatic rings. The predicted molar refractivity (Wildman–Crippen MR) is 56.1 cm³/mol. The van der Waals surface area contributed by atoms with E-state index in [1.54, 1.807) is 12.4 Å². The van der Waals surface area contributed by atoms with Gasteiger partial charge in [-0.05, 0) is 13.3 Å². The summed E-state index contributed by atoms with van der Waals surface area (Å²) >= 11 is 0. The molecule has 0 radical (unpaired) electrons. The van der Waals surface area contributed by atoms with Gasteiger partial charge in [0.2, 0.25) is 0 Å². The van der Waals surface area contributed by atoms with Crippen molar-refractivity contribution >= 4 is 5.82 Å². The molecule has 1 heterocycles. The van der Waals surface area contributed by atoms with E-state index < -0.39 is 0 Å². The first kappa shape index (κ1) is 10.9. The van der Waals surface area contributed by atoms with Crippen LogP contribution in [0.5, 0.6) is 0 Å². The summed E-state index contributed by atoms with van der Waals surface area (Å²) in [5.74, 6) is 0.826. The Labute approximate surface area is 84.7 Å². The number of anilines is 1. The second kappa shape index (κ2) is 6.32. The smallest absolute Gasteiger partial charge is 0.144 e. The average molecular weight is 195 g/mol. The lowest BCUT2D eigenvalue weighted by molar-refractivity contribution is 0.131. The van der Waals surface area contributed by atoms with Gasteiger partial charge >= 0.3 is 0 Å². The highest BCUT2D eigenvalue weighted by Gasteiger charge is 1.96. The van der Waals surface area contributed by atoms with Gasteiger partial charge in [-0.25, -0.2) is 4.98 Å². The Morgan fingerprint density at radius 3 is 2.71 bits per heavy atom. The molecule has 1 aromatic heterocycles. The second-order valence-electron chi connectivity index (χ2n) is 2.96. The van der Waals surface area contributed by atoms with Crippen LogP contribution >= 0.6 is 0 Å². The third-order valence-corrected chi connectivity index (χ3v) is 1.72. The highest BCUT2D eigenvalue weighted by molar-refractivity contribution is 5.30. The third-order valence-electron chi connectivity index (χ3n) is 1.72. The minimum absolute atomic E-state index is 0.539. The Morgan fingerprint density at radius 1 is 1.29 bits per heavy atom. The first-order valence-electron chi connectivity index (χ1n) is 4.99. The topological polar surface area (TPSA) is 47.0 Å². The van der Waals surface area contributed by atoms with Crippen LogP contribution in [0.25, 0.3) is 0 Å². The van der Waals surface area contributed by atoms with Crippen molar-refractivity contribution in [1.29, 1.82) is 0 Å². The predicted octanol–water partition coefficient (Wildman–Crippen LogP) is 1.83. The van der Waals surface area contributed by atoms with Gasteiger partial charge in [-0.1, -0.05) is 6.92 Å². The highest BCUT2D eigenvalue weighted by atomic mass is 16.5. The molecule has 0 saturated carbocycles. The number of nitrogens with one attached hydrogen (secondary N) is 1. The molecule has 78 valence electrons. The monoisotopic (exact) mass is 195 g/mol. The van der Waals surface area contributed by atoms with Crippen molar-refractivity contribution in [2.45, 2.75) is 26.9 Å². The summed E-state index contributed by atoms with van der Waals surface area (Å²) in [5.41, 5.74) is 0.869. The molecule has 1 N–H and O–H groups in total. The molecule has 0 amide bonds. The quantitative estimate of drug-likeness (QED) is 0.752. The van der Waals surface area contributed by atoms with Crippen molar-refractivity contribution in [1.82, 2.24) is 9.97 Å². The van der Waals surface area contributed by atoms with Gasteiger partial charge < -0.3 is 10.1 Å². The van der Waals surface area contributed by atoms with Crippen LogP contribution in [0, 0.1) is 0 Å². The first-order chi connectivity index (χ1) is 6.86. The fourth-order valence-electron chi connectivity index (χ4n) is 0.980. The van der Waals surface area contributed by atoms with Crippen LogP contribution < -0.4 is 5.32 Å². The van der Waals surface area contributed by atoms with E-state index in [9.17, 15) is 0 Å². The number of rotatable bonds is 6. The van der Waals surface area contributed by atoms with Crippen molar-refractivity contribution < 1.29 is 4.74 Å². The number of ether oxygens (including phenoxy) is 1. The molecular formula is C10H17N3O. The summed E-state index contributed by atoms with van der Waals surface area (Å²) in [6, 6.07) is 0. The molecule has 0 fully saturated rings. The summed E-state index contributed by atoms with van der Waals surface area (Å²) in [4.78, 5) is 8.43. The van der Waals surface area contributed by atoms with Gasteiger partial charge in [-0.2, -0.15) is 0 Å². The first-order valence-corrected chi connectivity index (χ1v) is 4.99. The molecule has 0 aliphatic rings. The molecule has 14 heavy (non-hydrogen) atoms. The van der Waals surface area contributed by atoms with Gasteiger partial charge in [-0.15, -0.1) is 0 Å². The minimum Gasteiger partial charge on any atom is -0.375 e. The molecule has 4 nitrogen and oxygen atoms in total. The van der Waals surface area contributed by atoms with Crippen molar-refractivity contribution in [3.05, 3.63) is 18.1 Å². The van der Waals surface area contributed by atoms with Gasteiger partial charge in [0.25, 0.3) is 0 Å². The van der Waals surface area contributed by atoms with Gasteiger partial charge in [0.1, 0.15) is 5.82 Å². The highest BCUT2D eigenvalue weighted by Crippen LogP contribution is 2.01. The van der Waals surface area contributed by atoms with Crippen LogP contribution in [-0.2, 0) is 11.3 Å². The fourth-order valence-corrected chi connectivity index (χ4v) is 0.980. The number of hydrogen-bond donors (Lipinski definition) is 1. The van der Waals surface area contributed by atoms with Crippen LogP contribution in [0.3, 0.4) is 0 Å². The molecule has 4 heteroatoms. The van der Waals surface area contributed by atoms with Crippen molar-refractivity contribution in [2.24, 2.45) is 0 Å². The van der Waals surface area contributed by atoms with E-state index in [1.807, 2.05) is 6.92 Å². The fraction of sp³-hybridized carbons (Fsp3) is 0.600. The van der Waals surface area contributed by atoms with Gasteiger partial charge in [0.15, 0.2) is 0 Å². The van der Waals surface area contributed by atoms with Crippen LogP contribution in [0.1, 0.15) is 26.0 Å².